The molecule has 1 rings (SSSR count). The number of anilines is 1. The van der Waals surface area contributed by atoms with E-state index < -0.39 is 0 Å². The SMILES string of the molecule is CC(=O)NC(=S)Nc1ccccc1C(=O)NC(C)C. The van der Waals surface area contributed by atoms with Gasteiger partial charge in [-0.15, -0.1) is 0 Å². The first-order valence-electron chi connectivity index (χ1n) is 5.88. The van der Waals surface area contributed by atoms with Crippen molar-refractivity contribution in [3.8, 4) is 0 Å². The van der Waals surface area contributed by atoms with Crippen molar-refractivity contribution < 1.29 is 9.59 Å². The largest absolute Gasteiger partial charge is 0.350 e. The van der Waals surface area contributed by atoms with Crippen LogP contribution in [0.25, 0.3) is 0 Å². The number of thiocarbonyl (C=S) groups is 1. The van der Waals surface area contributed by atoms with Gasteiger partial charge in [0.25, 0.3) is 5.91 Å². The summed E-state index contributed by atoms with van der Waals surface area (Å²) in [6.07, 6.45) is 0. The van der Waals surface area contributed by atoms with Crippen LogP contribution in [0.4, 0.5) is 5.69 Å². The van der Waals surface area contributed by atoms with Crippen LogP contribution in [0.15, 0.2) is 24.3 Å². The van der Waals surface area contributed by atoms with Crippen molar-refractivity contribution in [1.29, 1.82) is 0 Å². The number of hydrogen-bond acceptors (Lipinski definition) is 3. The molecule has 0 fully saturated rings. The van der Waals surface area contributed by atoms with Gasteiger partial charge in [-0.25, -0.2) is 0 Å². The Morgan fingerprint density at radius 1 is 1.21 bits per heavy atom. The van der Waals surface area contributed by atoms with E-state index >= 15 is 0 Å². The highest BCUT2D eigenvalue weighted by molar-refractivity contribution is 7.80. The monoisotopic (exact) mass is 279 g/mol. The van der Waals surface area contributed by atoms with Crippen LogP contribution in [-0.2, 0) is 4.79 Å². The fourth-order valence-electron chi connectivity index (χ4n) is 1.44. The number of benzene rings is 1. The van der Waals surface area contributed by atoms with Gasteiger partial charge in [0, 0.05) is 13.0 Å². The van der Waals surface area contributed by atoms with Gasteiger partial charge in [-0.3, -0.25) is 9.59 Å². The molecular formula is C13H17N3O2S. The summed E-state index contributed by atoms with van der Waals surface area (Å²) in [5.74, 6) is -0.453. The highest BCUT2D eigenvalue weighted by Gasteiger charge is 2.12. The molecule has 0 saturated carbocycles. The van der Waals surface area contributed by atoms with Crippen molar-refractivity contribution in [2.75, 3.05) is 5.32 Å². The number of amides is 2. The number of carbonyl (C=O) groups excluding carboxylic acids is 2. The Morgan fingerprint density at radius 2 is 1.84 bits per heavy atom. The molecule has 1 aromatic rings. The fraction of sp³-hybridized carbons (Fsp3) is 0.308. The topological polar surface area (TPSA) is 70.2 Å². The molecule has 0 aromatic heterocycles. The molecule has 2 amide bonds. The average molecular weight is 279 g/mol. The van der Waals surface area contributed by atoms with Crippen LogP contribution in [0.1, 0.15) is 31.1 Å². The Labute approximate surface area is 117 Å². The van der Waals surface area contributed by atoms with Crippen LogP contribution in [0, 0.1) is 0 Å². The van der Waals surface area contributed by atoms with Crippen molar-refractivity contribution in [3.05, 3.63) is 29.8 Å². The summed E-state index contributed by atoms with van der Waals surface area (Å²) in [6, 6.07) is 7.01. The molecule has 0 radical (unpaired) electrons. The molecule has 102 valence electrons. The minimum atomic E-state index is -0.262. The van der Waals surface area contributed by atoms with Crippen molar-refractivity contribution in [2.24, 2.45) is 0 Å². The lowest BCUT2D eigenvalue weighted by molar-refractivity contribution is -0.117. The van der Waals surface area contributed by atoms with Crippen LogP contribution in [0.2, 0.25) is 0 Å². The van der Waals surface area contributed by atoms with Gasteiger partial charge in [0.15, 0.2) is 5.11 Å². The minimum absolute atomic E-state index is 0.0443. The first-order chi connectivity index (χ1) is 8.90. The van der Waals surface area contributed by atoms with Crippen molar-refractivity contribution in [1.82, 2.24) is 10.6 Å². The van der Waals surface area contributed by atoms with Gasteiger partial charge in [-0.2, -0.15) is 0 Å². The molecule has 0 heterocycles. The van der Waals surface area contributed by atoms with E-state index in [1.54, 1.807) is 24.3 Å². The van der Waals surface area contributed by atoms with Crippen LogP contribution < -0.4 is 16.0 Å². The molecule has 1 aromatic carbocycles. The summed E-state index contributed by atoms with van der Waals surface area (Å²) < 4.78 is 0. The zero-order chi connectivity index (χ0) is 14.4. The molecule has 0 atom stereocenters. The second-order valence-electron chi connectivity index (χ2n) is 4.31. The maximum Gasteiger partial charge on any atom is 0.253 e. The van der Waals surface area contributed by atoms with E-state index in [2.05, 4.69) is 16.0 Å². The van der Waals surface area contributed by atoms with Crippen LogP contribution in [-0.4, -0.2) is 23.0 Å². The predicted molar refractivity (Wildman–Crippen MR) is 79.1 cm³/mol. The summed E-state index contributed by atoms with van der Waals surface area (Å²) in [6.45, 7) is 5.14. The van der Waals surface area contributed by atoms with Gasteiger partial charge in [0.1, 0.15) is 0 Å². The first-order valence-corrected chi connectivity index (χ1v) is 6.29. The summed E-state index contributed by atoms with van der Waals surface area (Å²) >= 11 is 4.97. The van der Waals surface area contributed by atoms with E-state index in [1.165, 1.54) is 6.92 Å². The third-order valence-corrected chi connectivity index (χ3v) is 2.33. The molecular weight excluding hydrogens is 262 g/mol. The van der Waals surface area contributed by atoms with Gasteiger partial charge in [-0.05, 0) is 38.2 Å². The molecule has 0 unspecified atom stereocenters. The molecule has 0 spiro atoms. The lowest BCUT2D eigenvalue weighted by Gasteiger charge is -2.14. The molecule has 19 heavy (non-hydrogen) atoms. The fourth-order valence-corrected chi connectivity index (χ4v) is 1.70. The Bertz CT molecular complexity index is 500. The normalized spacial score (nSPS) is 9.89. The van der Waals surface area contributed by atoms with Crippen molar-refractivity contribution in [2.45, 2.75) is 26.8 Å². The van der Waals surface area contributed by atoms with E-state index in [0.717, 1.165) is 0 Å². The molecule has 0 aliphatic heterocycles. The quantitative estimate of drug-likeness (QED) is 0.736. The number of hydrogen-bond donors (Lipinski definition) is 3. The van der Waals surface area contributed by atoms with E-state index in [-0.39, 0.29) is 23.0 Å². The molecule has 0 aliphatic carbocycles. The Kier molecular flexibility index (Phi) is 5.44. The second kappa shape index (κ2) is 6.84. The number of nitrogens with one attached hydrogen (secondary N) is 3. The Hall–Kier alpha value is -1.95. The molecule has 5 nitrogen and oxygen atoms in total. The maximum absolute atomic E-state index is 12.0. The van der Waals surface area contributed by atoms with Crippen LogP contribution >= 0.6 is 12.2 Å². The third kappa shape index (κ3) is 5.05. The highest BCUT2D eigenvalue weighted by Crippen LogP contribution is 2.15. The third-order valence-electron chi connectivity index (χ3n) is 2.13. The lowest BCUT2D eigenvalue weighted by atomic mass is 10.1. The lowest BCUT2D eigenvalue weighted by Crippen LogP contribution is -2.34. The highest BCUT2D eigenvalue weighted by atomic mass is 32.1. The minimum Gasteiger partial charge on any atom is -0.350 e. The maximum atomic E-state index is 12.0. The van der Waals surface area contributed by atoms with Gasteiger partial charge < -0.3 is 16.0 Å². The first kappa shape index (κ1) is 15.1. The van der Waals surface area contributed by atoms with Gasteiger partial charge in [0.05, 0.1) is 11.3 Å². The van der Waals surface area contributed by atoms with E-state index in [4.69, 9.17) is 12.2 Å². The zero-order valence-corrected chi connectivity index (χ0v) is 11.9. The molecule has 6 heteroatoms. The Morgan fingerprint density at radius 3 is 2.42 bits per heavy atom. The van der Waals surface area contributed by atoms with Crippen LogP contribution in [0.3, 0.4) is 0 Å². The van der Waals surface area contributed by atoms with Gasteiger partial charge in [0.2, 0.25) is 5.91 Å². The van der Waals surface area contributed by atoms with Gasteiger partial charge >= 0.3 is 0 Å². The summed E-state index contributed by atoms with van der Waals surface area (Å²) in [5.41, 5.74) is 1.03. The standard InChI is InChI=1S/C13H17N3O2S/c1-8(2)14-12(18)10-6-4-5-7-11(10)16-13(19)15-9(3)17/h4-8H,1-3H3,(H,14,18)(H2,15,16,17,19). The molecule has 0 bridgehead atoms. The average Bonchev–Trinajstić information content (AvgIpc) is 2.27. The molecule has 3 N–H and O–H groups in total. The zero-order valence-electron chi connectivity index (χ0n) is 11.1. The van der Waals surface area contributed by atoms with Gasteiger partial charge in [-0.1, -0.05) is 12.1 Å². The van der Waals surface area contributed by atoms with Crippen molar-refractivity contribution in [3.63, 3.8) is 0 Å². The molecule has 0 aliphatic rings. The molecule has 0 saturated heterocycles. The predicted octanol–water partition coefficient (Wildman–Crippen LogP) is 1.66. The van der Waals surface area contributed by atoms with Crippen molar-refractivity contribution >= 4 is 34.8 Å². The summed E-state index contributed by atoms with van der Waals surface area (Å²) in [4.78, 5) is 22.9. The summed E-state index contributed by atoms with van der Waals surface area (Å²) in [5, 5.41) is 8.25. The Balaban J connectivity index is 2.87. The van der Waals surface area contributed by atoms with E-state index in [1.807, 2.05) is 13.8 Å². The summed E-state index contributed by atoms with van der Waals surface area (Å²) in [7, 11) is 0. The van der Waals surface area contributed by atoms with Crippen LogP contribution in [0.5, 0.6) is 0 Å². The number of para-hydroxylation sites is 1. The smallest absolute Gasteiger partial charge is 0.253 e. The number of carbonyl (C=O) groups is 2. The number of rotatable bonds is 3. The second-order valence-corrected chi connectivity index (χ2v) is 4.72. The van der Waals surface area contributed by atoms with E-state index in [9.17, 15) is 9.59 Å². The van der Waals surface area contributed by atoms with E-state index in [0.29, 0.717) is 11.3 Å².